The number of hydrogen-bond acceptors (Lipinski definition) is 6. The number of aliphatic hydroxyl groups is 1. The average Bonchev–Trinajstić information content (AvgIpc) is 3.17. The molecule has 1 saturated heterocycles. The van der Waals surface area contributed by atoms with E-state index in [0.717, 1.165) is 32.4 Å². The van der Waals surface area contributed by atoms with Crippen molar-refractivity contribution in [2.45, 2.75) is 51.9 Å². The van der Waals surface area contributed by atoms with Gasteiger partial charge in [0.15, 0.2) is 11.2 Å². The SMILES string of the molecule is CC(C)OC[C@H](O)Cn1c(N2CCC(Cc3ccccc3)CC2)nc2c1c(=O)[nH]c(=O)n2C. The molecule has 9 heteroatoms. The minimum absolute atomic E-state index is 0.00785. The number of aliphatic hydroxyl groups excluding tert-OH is 1. The number of piperidine rings is 1. The van der Waals surface area contributed by atoms with E-state index in [4.69, 9.17) is 9.72 Å². The lowest BCUT2D eigenvalue weighted by Gasteiger charge is -2.33. The topological polar surface area (TPSA) is 105 Å². The normalized spacial score (nSPS) is 16.1. The Morgan fingerprint density at radius 1 is 1.18 bits per heavy atom. The molecule has 1 aromatic carbocycles. The molecule has 0 unspecified atom stereocenters. The largest absolute Gasteiger partial charge is 0.389 e. The molecule has 178 valence electrons. The van der Waals surface area contributed by atoms with Crippen molar-refractivity contribution in [3.8, 4) is 0 Å². The van der Waals surface area contributed by atoms with E-state index in [1.165, 1.54) is 10.1 Å². The van der Waals surface area contributed by atoms with Crippen LogP contribution in [0.1, 0.15) is 32.3 Å². The second-order valence-electron chi connectivity index (χ2n) is 9.17. The number of aryl methyl sites for hydroxylation is 1. The second kappa shape index (κ2) is 9.93. The van der Waals surface area contributed by atoms with Crippen molar-refractivity contribution in [1.82, 2.24) is 19.1 Å². The number of benzene rings is 1. The molecule has 0 amide bonds. The van der Waals surface area contributed by atoms with Crippen molar-refractivity contribution in [3.63, 3.8) is 0 Å². The predicted octanol–water partition coefficient (Wildman–Crippen LogP) is 1.67. The van der Waals surface area contributed by atoms with E-state index in [1.807, 2.05) is 19.9 Å². The number of aromatic nitrogens is 4. The molecule has 1 fully saturated rings. The number of fused-ring (bicyclic) bond motifs is 1. The third-order valence-electron chi connectivity index (χ3n) is 6.27. The van der Waals surface area contributed by atoms with Gasteiger partial charge in [-0.3, -0.25) is 14.3 Å². The molecule has 0 saturated carbocycles. The van der Waals surface area contributed by atoms with Gasteiger partial charge in [0.05, 0.1) is 25.4 Å². The minimum atomic E-state index is -0.809. The molecule has 0 bridgehead atoms. The van der Waals surface area contributed by atoms with E-state index in [0.29, 0.717) is 23.0 Å². The number of aromatic amines is 1. The van der Waals surface area contributed by atoms with Crippen LogP contribution in [0.15, 0.2) is 39.9 Å². The van der Waals surface area contributed by atoms with Crippen molar-refractivity contribution in [1.29, 1.82) is 0 Å². The maximum atomic E-state index is 12.7. The molecule has 33 heavy (non-hydrogen) atoms. The van der Waals surface area contributed by atoms with E-state index in [1.54, 1.807) is 11.6 Å². The highest BCUT2D eigenvalue weighted by Gasteiger charge is 2.27. The molecule has 1 atom stereocenters. The van der Waals surface area contributed by atoms with Gasteiger partial charge >= 0.3 is 5.69 Å². The molecule has 2 N–H and O–H groups in total. The fraction of sp³-hybridized carbons (Fsp3) is 0.542. The smallest absolute Gasteiger partial charge is 0.329 e. The maximum Gasteiger partial charge on any atom is 0.329 e. The van der Waals surface area contributed by atoms with Crippen LogP contribution in [0.25, 0.3) is 11.2 Å². The third kappa shape index (κ3) is 5.20. The van der Waals surface area contributed by atoms with E-state index < -0.39 is 17.4 Å². The summed E-state index contributed by atoms with van der Waals surface area (Å²) >= 11 is 0. The Morgan fingerprint density at radius 2 is 1.88 bits per heavy atom. The zero-order chi connectivity index (χ0) is 23.5. The van der Waals surface area contributed by atoms with Crippen LogP contribution in [-0.2, 0) is 24.8 Å². The molecular formula is C24H33N5O4. The van der Waals surface area contributed by atoms with E-state index in [2.05, 4.69) is 34.1 Å². The van der Waals surface area contributed by atoms with Gasteiger partial charge in [0, 0.05) is 20.1 Å². The Bertz CT molecular complexity index is 1190. The molecule has 9 nitrogen and oxygen atoms in total. The molecule has 3 heterocycles. The van der Waals surface area contributed by atoms with Crippen LogP contribution < -0.4 is 16.1 Å². The molecule has 1 aliphatic rings. The lowest BCUT2D eigenvalue weighted by Crippen LogP contribution is -2.37. The summed E-state index contributed by atoms with van der Waals surface area (Å²) in [5.74, 6) is 1.19. The van der Waals surface area contributed by atoms with Crippen molar-refractivity contribution in [2.24, 2.45) is 13.0 Å². The zero-order valence-electron chi connectivity index (χ0n) is 19.5. The Kier molecular flexibility index (Phi) is 6.99. The third-order valence-corrected chi connectivity index (χ3v) is 6.27. The van der Waals surface area contributed by atoms with Crippen LogP contribution in [0.2, 0.25) is 0 Å². The van der Waals surface area contributed by atoms with Gasteiger partial charge in [-0.1, -0.05) is 30.3 Å². The van der Waals surface area contributed by atoms with E-state index in [-0.39, 0.29) is 19.3 Å². The lowest BCUT2D eigenvalue weighted by atomic mass is 9.90. The Labute approximate surface area is 192 Å². The van der Waals surface area contributed by atoms with Crippen LogP contribution in [0.5, 0.6) is 0 Å². The molecule has 3 aromatic rings. The number of nitrogens with zero attached hydrogens (tertiary/aromatic N) is 4. The number of hydrogen-bond donors (Lipinski definition) is 2. The van der Waals surface area contributed by atoms with Crippen LogP contribution >= 0.6 is 0 Å². The second-order valence-corrected chi connectivity index (χ2v) is 9.17. The highest BCUT2D eigenvalue weighted by molar-refractivity contribution is 5.74. The van der Waals surface area contributed by atoms with Gasteiger partial charge in [-0.25, -0.2) is 4.79 Å². The molecule has 4 rings (SSSR count). The molecule has 1 aliphatic heterocycles. The maximum absolute atomic E-state index is 12.7. The Morgan fingerprint density at radius 3 is 2.55 bits per heavy atom. The standard InChI is InChI=1S/C24H33N5O4/c1-16(2)33-15-19(30)14-29-20-21(27(3)24(32)26-22(20)31)25-23(29)28-11-9-18(10-12-28)13-17-7-5-4-6-8-17/h4-8,16,18-19,30H,9-15H2,1-3H3,(H,26,31,32)/t19-/m1/s1. The van der Waals surface area contributed by atoms with Gasteiger partial charge in [0.1, 0.15) is 0 Å². The molecule has 0 aliphatic carbocycles. The van der Waals surface area contributed by atoms with Gasteiger partial charge in [-0.15, -0.1) is 0 Å². The van der Waals surface area contributed by atoms with Crippen molar-refractivity contribution in [3.05, 3.63) is 56.7 Å². The summed E-state index contributed by atoms with van der Waals surface area (Å²) in [6, 6.07) is 10.5. The number of rotatable bonds is 8. The first-order valence-electron chi connectivity index (χ1n) is 11.6. The summed E-state index contributed by atoms with van der Waals surface area (Å²) in [6.07, 6.45) is 2.24. The van der Waals surface area contributed by atoms with Crippen LogP contribution in [0, 0.1) is 5.92 Å². The van der Waals surface area contributed by atoms with Crippen molar-refractivity contribution >= 4 is 17.1 Å². The average molecular weight is 456 g/mol. The number of anilines is 1. The summed E-state index contributed by atoms with van der Waals surface area (Å²) in [7, 11) is 1.59. The first kappa shape index (κ1) is 23.3. The molecule has 0 radical (unpaired) electrons. The fourth-order valence-corrected chi connectivity index (χ4v) is 4.49. The number of ether oxygens (including phenoxy) is 1. The zero-order valence-corrected chi connectivity index (χ0v) is 19.5. The summed E-state index contributed by atoms with van der Waals surface area (Å²) in [5.41, 5.74) is 0.957. The monoisotopic (exact) mass is 455 g/mol. The quantitative estimate of drug-likeness (QED) is 0.535. The molecular weight excluding hydrogens is 422 g/mol. The van der Waals surface area contributed by atoms with Gasteiger partial charge in [-0.2, -0.15) is 4.98 Å². The van der Waals surface area contributed by atoms with Gasteiger partial charge in [-0.05, 0) is 44.6 Å². The van der Waals surface area contributed by atoms with Gasteiger partial charge < -0.3 is 19.3 Å². The van der Waals surface area contributed by atoms with Crippen LogP contribution in [0.3, 0.4) is 0 Å². The number of H-pyrrole nitrogens is 1. The lowest BCUT2D eigenvalue weighted by molar-refractivity contribution is -0.000191. The first-order chi connectivity index (χ1) is 15.8. The highest BCUT2D eigenvalue weighted by Crippen LogP contribution is 2.27. The molecule has 0 spiro atoms. The van der Waals surface area contributed by atoms with E-state index >= 15 is 0 Å². The summed E-state index contributed by atoms with van der Waals surface area (Å²) < 4.78 is 8.63. The predicted molar refractivity (Wildman–Crippen MR) is 128 cm³/mol. The van der Waals surface area contributed by atoms with Gasteiger partial charge in [0.2, 0.25) is 5.95 Å². The highest BCUT2D eigenvalue weighted by atomic mass is 16.5. The summed E-state index contributed by atoms with van der Waals surface area (Å²) in [5, 5.41) is 10.6. The van der Waals surface area contributed by atoms with Crippen LogP contribution in [0.4, 0.5) is 5.95 Å². The van der Waals surface area contributed by atoms with Gasteiger partial charge in [0.25, 0.3) is 5.56 Å². The first-order valence-corrected chi connectivity index (χ1v) is 11.6. The number of nitrogens with one attached hydrogen (secondary N) is 1. The van der Waals surface area contributed by atoms with Crippen molar-refractivity contribution < 1.29 is 9.84 Å². The Hall–Kier alpha value is -2.91. The van der Waals surface area contributed by atoms with Crippen LogP contribution in [-0.4, -0.2) is 56.1 Å². The Balaban J connectivity index is 1.60. The fourth-order valence-electron chi connectivity index (χ4n) is 4.49. The summed E-state index contributed by atoms with van der Waals surface area (Å²) in [4.78, 5) is 34.1. The van der Waals surface area contributed by atoms with E-state index in [9.17, 15) is 14.7 Å². The number of imidazole rings is 1. The minimum Gasteiger partial charge on any atom is -0.389 e. The molecule has 2 aromatic heterocycles. The van der Waals surface area contributed by atoms with Crippen molar-refractivity contribution in [2.75, 3.05) is 24.6 Å². The summed E-state index contributed by atoms with van der Waals surface area (Å²) in [6.45, 7) is 5.72.